The van der Waals surface area contributed by atoms with Crippen LogP contribution in [0, 0.1) is 0 Å². The molecule has 1 fully saturated rings. The summed E-state index contributed by atoms with van der Waals surface area (Å²) in [6, 6.07) is 8.18. The van der Waals surface area contributed by atoms with Gasteiger partial charge in [-0.15, -0.1) is 0 Å². The maximum atomic E-state index is 11.7. The molecule has 0 saturated carbocycles. The van der Waals surface area contributed by atoms with Crippen molar-refractivity contribution in [3.63, 3.8) is 0 Å². The van der Waals surface area contributed by atoms with Gasteiger partial charge in [-0.2, -0.15) is 0 Å². The van der Waals surface area contributed by atoms with Crippen molar-refractivity contribution < 1.29 is 33.3 Å². The summed E-state index contributed by atoms with van der Waals surface area (Å²) in [4.78, 5) is 38.3. The maximum Gasteiger partial charge on any atom is 0.303 e. The van der Waals surface area contributed by atoms with Crippen LogP contribution in [-0.4, -0.2) is 54.3 Å². The van der Waals surface area contributed by atoms with Crippen molar-refractivity contribution in [2.45, 2.75) is 55.5 Å². The van der Waals surface area contributed by atoms with Gasteiger partial charge in [0.2, 0.25) is 0 Å². The lowest BCUT2D eigenvalue weighted by atomic mass is 9.98. The molecule has 1 aromatic carbocycles. The average molecular weight is 423 g/mol. The van der Waals surface area contributed by atoms with Crippen molar-refractivity contribution in [2.24, 2.45) is 5.11 Å². The number of rotatable bonds is 7. The third-order valence-electron chi connectivity index (χ3n) is 3.85. The Morgan fingerprint density at radius 3 is 2.24 bits per heavy atom. The summed E-state index contributed by atoms with van der Waals surface area (Å²) in [6.07, 6.45) is -3.18. The fraction of sp³-hybridized carbons (Fsp3) is 0.500. The highest BCUT2D eigenvalue weighted by Gasteiger charge is 2.50. The molecule has 0 radical (unpaired) electrons. The van der Waals surface area contributed by atoms with Crippen LogP contribution >= 0.6 is 11.8 Å². The Labute approximate surface area is 171 Å². The normalized spacial score (nSPS) is 26.0. The number of benzene rings is 1. The Morgan fingerprint density at radius 1 is 1.07 bits per heavy atom. The molecule has 0 N–H and O–H groups in total. The molecule has 1 aromatic rings. The molecule has 0 bridgehead atoms. The van der Waals surface area contributed by atoms with E-state index in [0.29, 0.717) is 0 Å². The predicted octanol–water partition coefficient (Wildman–Crippen LogP) is 2.61. The Kier molecular flexibility index (Phi) is 8.32. The summed E-state index contributed by atoms with van der Waals surface area (Å²) >= 11 is 1.24. The van der Waals surface area contributed by atoms with Crippen LogP contribution in [0.3, 0.4) is 0 Å². The van der Waals surface area contributed by atoms with Crippen LogP contribution in [-0.2, 0) is 33.3 Å². The number of carbonyl (C=O) groups excluding carboxylic acids is 3. The summed E-state index contributed by atoms with van der Waals surface area (Å²) in [6.45, 7) is 3.36. The van der Waals surface area contributed by atoms with Gasteiger partial charge < -0.3 is 18.9 Å². The van der Waals surface area contributed by atoms with Gasteiger partial charge in [0, 0.05) is 30.6 Å². The van der Waals surface area contributed by atoms with E-state index < -0.39 is 47.7 Å². The van der Waals surface area contributed by atoms with Gasteiger partial charge in [0.25, 0.3) is 0 Å². The number of thioether (sulfide) groups is 1. The van der Waals surface area contributed by atoms with Crippen LogP contribution in [0.1, 0.15) is 20.8 Å². The fourth-order valence-corrected chi connectivity index (χ4v) is 3.93. The van der Waals surface area contributed by atoms with Crippen LogP contribution in [0.2, 0.25) is 0 Å². The van der Waals surface area contributed by atoms with Gasteiger partial charge in [-0.05, 0) is 17.7 Å². The van der Waals surface area contributed by atoms with Crippen molar-refractivity contribution in [2.75, 3.05) is 6.61 Å². The minimum atomic E-state index is -1.13. The van der Waals surface area contributed by atoms with E-state index in [1.165, 1.54) is 32.5 Å². The molecule has 1 unspecified atom stereocenters. The van der Waals surface area contributed by atoms with Crippen LogP contribution in [0.5, 0.6) is 0 Å². The number of azide groups is 1. The van der Waals surface area contributed by atoms with Crippen molar-refractivity contribution in [3.8, 4) is 0 Å². The van der Waals surface area contributed by atoms with Crippen molar-refractivity contribution in [1.29, 1.82) is 0 Å². The number of esters is 3. The Hall–Kier alpha value is -2.75. The van der Waals surface area contributed by atoms with E-state index >= 15 is 0 Å². The minimum Gasteiger partial charge on any atom is -0.463 e. The van der Waals surface area contributed by atoms with Gasteiger partial charge in [-0.3, -0.25) is 14.4 Å². The zero-order valence-corrected chi connectivity index (χ0v) is 16.9. The largest absolute Gasteiger partial charge is 0.463 e. The SMILES string of the molecule is CC(=O)OC[C@H]1OC(Sc2ccccc2)[C@H](N=[N+]=[N-])[C@@H](OC(C)=O)[C@@H]1OC(C)=O. The molecule has 1 saturated heterocycles. The van der Waals surface area contributed by atoms with E-state index in [4.69, 9.17) is 24.5 Å². The van der Waals surface area contributed by atoms with E-state index in [9.17, 15) is 14.4 Å². The second-order valence-corrected chi connectivity index (χ2v) is 7.29. The third kappa shape index (κ3) is 6.67. The Balaban J connectivity index is 2.41. The molecule has 1 aliphatic rings. The standard InChI is InChI=1S/C18H21N3O7S/c1-10(22)25-9-14-16(26-11(2)23)17(27-12(3)24)15(20-21-19)18(28-14)29-13-7-5-4-6-8-13/h4-8,14-18H,9H2,1-3H3/t14-,15-,16-,17-,18?/m1/s1. The summed E-state index contributed by atoms with van der Waals surface area (Å²) in [7, 11) is 0. The molecule has 156 valence electrons. The highest BCUT2D eigenvalue weighted by atomic mass is 32.2. The second kappa shape index (κ2) is 10.7. The van der Waals surface area contributed by atoms with Crippen LogP contribution in [0.15, 0.2) is 40.3 Å². The van der Waals surface area contributed by atoms with Crippen LogP contribution < -0.4 is 0 Å². The zero-order chi connectivity index (χ0) is 21.4. The smallest absolute Gasteiger partial charge is 0.303 e. The minimum absolute atomic E-state index is 0.236. The highest BCUT2D eigenvalue weighted by molar-refractivity contribution is 7.99. The molecule has 2 rings (SSSR count). The van der Waals surface area contributed by atoms with E-state index in [0.717, 1.165) is 4.90 Å². The van der Waals surface area contributed by atoms with Gasteiger partial charge in [-0.1, -0.05) is 35.1 Å². The van der Waals surface area contributed by atoms with Gasteiger partial charge in [0.15, 0.2) is 12.2 Å². The molecular formula is C18H21N3O7S. The molecular weight excluding hydrogens is 402 g/mol. The number of ether oxygens (including phenoxy) is 4. The summed E-state index contributed by atoms with van der Waals surface area (Å²) in [5.74, 6) is -1.86. The molecule has 5 atom stereocenters. The van der Waals surface area contributed by atoms with E-state index in [2.05, 4.69) is 10.0 Å². The van der Waals surface area contributed by atoms with E-state index in [-0.39, 0.29) is 6.61 Å². The Morgan fingerprint density at radius 2 is 1.69 bits per heavy atom. The third-order valence-corrected chi connectivity index (χ3v) is 5.02. The number of nitrogens with zero attached hydrogens (tertiary/aromatic N) is 3. The van der Waals surface area contributed by atoms with Crippen molar-refractivity contribution in [1.82, 2.24) is 0 Å². The summed E-state index contributed by atoms with van der Waals surface area (Å²) in [5.41, 5.74) is 8.25. The van der Waals surface area contributed by atoms with Crippen molar-refractivity contribution in [3.05, 3.63) is 40.8 Å². The second-order valence-electron chi connectivity index (χ2n) is 6.12. The molecule has 11 heteroatoms. The summed E-state index contributed by atoms with van der Waals surface area (Å²) < 4.78 is 21.7. The lowest BCUT2D eigenvalue weighted by Crippen LogP contribution is -2.59. The number of hydrogen-bond acceptors (Lipinski definition) is 9. The first-order valence-electron chi connectivity index (χ1n) is 8.71. The number of carbonyl (C=O) groups is 3. The summed E-state index contributed by atoms with van der Waals surface area (Å²) in [5, 5.41) is 3.74. The molecule has 10 nitrogen and oxygen atoms in total. The van der Waals surface area contributed by atoms with Gasteiger partial charge in [0.05, 0.1) is 0 Å². The lowest BCUT2D eigenvalue weighted by molar-refractivity contribution is -0.208. The zero-order valence-electron chi connectivity index (χ0n) is 16.1. The van der Waals surface area contributed by atoms with Crippen molar-refractivity contribution >= 4 is 29.7 Å². The van der Waals surface area contributed by atoms with E-state index in [1.54, 1.807) is 0 Å². The quantitative estimate of drug-likeness (QED) is 0.214. The molecule has 0 aromatic heterocycles. The topological polar surface area (TPSA) is 137 Å². The van der Waals surface area contributed by atoms with Crippen LogP contribution in [0.25, 0.3) is 10.4 Å². The Bertz CT molecular complexity index is 785. The maximum absolute atomic E-state index is 11.7. The molecule has 29 heavy (non-hydrogen) atoms. The number of hydrogen-bond donors (Lipinski definition) is 0. The van der Waals surface area contributed by atoms with Gasteiger partial charge in [-0.25, -0.2) is 0 Å². The molecule has 0 aliphatic carbocycles. The first-order chi connectivity index (χ1) is 13.8. The highest BCUT2D eigenvalue weighted by Crippen LogP contribution is 2.37. The fourth-order valence-electron chi connectivity index (χ4n) is 2.80. The first kappa shape index (κ1) is 22.5. The molecule has 0 amide bonds. The average Bonchev–Trinajstić information content (AvgIpc) is 2.65. The lowest BCUT2D eigenvalue weighted by Gasteiger charge is -2.43. The van der Waals surface area contributed by atoms with Gasteiger partial charge >= 0.3 is 17.9 Å². The molecule has 0 spiro atoms. The van der Waals surface area contributed by atoms with E-state index in [1.807, 2.05) is 30.3 Å². The molecule has 1 heterocycles. The first-order valence-corrected chi connectivity index (χ1v) is 9.59. The molecule has 1 aliphatic heterocycles. The van der Waals surface area contributed by atoms with Crippen LogP contribution in [0.4, 0.5) is 0 Å². The monoisotopic (exact) mass is 423 g/mol. The predicted molar refractivity (Wildman–Crippen MR) is 102 cm³/mol. The van der Waals surface area contributed by atoms with Gasteiger partial charge in [0.1, 0.15) is 24.2 Å².